The van der Waals surface area contributed by atoms with Crippen molar-refractivity contribution in [3.63, 3.8) is 0 Å². The van der Waals surface area contributed by atoms with Gasteiger partial charge < -0.3 is 5.32 Å². The first-order chi connectivity index (χ1) is 12.8. The van der Waals surface area contributed by atoms with Crippen LogP contribution in [0.1, 0.15) is 31.1 Å². The summed E-state index contributed by atoms with van der Waals surface area (Å²) in [6.45, 7) is 4.50. The van der Waals surface area contributed by atoms with Crippen molar-refractivity contribution in [3.8, 4) is 11.3 Å². The molecule has 26 heavy (non-hydrogen) atoms. The Morgan fingerprint density at radius 2 is 2.04 bits per heavy atom. The minimum Gasteiger partial charge on any atom is -0.316 e. The Morgan fingerprint density at radius 1 is 1.15 bits per heavy atom. The van der Waals surface area contributed by atoms with Crippen LogP contribution in [0, 0.1) is 0 Å². The molecule has 2 aromatic heterocycles. The minimum atomic E-state index is 0.664. The van der Waals surface area contributed by atoms with E-state index in [0.29, 0.717) is 6.04 Å². The Balaban J connectivity index is 1.44. The van der Waals surface area contributed by atoms with Crippen molar-refractivity contribution >= 4 is 22.3 Å². The SMILES string of the molecule is CC1CCCCN1Cc1cnc(Nc2cc(-c3ccccc3)ncn2)s1. The van der Waals surface area contributed by atoms with Crippen LogP contribution in [-0.2, 0) is 6.54 Å². The number of likely N-dealkylation sites (tertiary alicyclic amines) is 1. The minimum absolute atomic E-state index is 0.664. The van der Waals surface area contributed by atoms with Gasteiger partial charge in [-0.2, -0.15) is 0 Å². The number of aromatic nitrogens is 3. The van der Waals surface area contributed by atoms with Crippen molar-refractivity contribution in [1.29, 1.82) is 0 Å². The molecule has 0 amide bonds. The van der Waals surface area contributed by atoms with E-state index in [1.165, 1.54) is 30.7 Å². The third-order valence-electron chi connectivity index (χ3n) is 4.82. The molecular weight excluding hydrogens is 342 g/mol. The molecule has 0 radical (unpaired) electrons. The van der Waals surface area contributed by atoms with E-state index in [-0.39, 0.29) is 0 Å². The second-order valence-corrected chi connectivity index (χ2v) is 7.84. The molecule has 0 spiro atoms. The molecule has 5 nitrogen and oxygen atoms in total. The van der Waals surface area contributed by atoms with Crippen LogP contribution >= 0.6 is 11.3 Å². The fourth-order valence-electron chi connectivity index (χ4n) is 3.33. The first kappa shape index (κ1) is 17.1. The zero-order valence-electron chi connectivity index (χ0n) is 14.9. The largest absolute Gasteiger partial charge is 0.316 e. The second kappa shape index (κ2) is 7.93. The fraction of sp³-hybridized carbons (Fsp3) is 0.350. The molecule has 1 fully saturated rings. The van der Waals surface area contributed by atoms with E-state index in [2.05, 4.69) is 32.1 Å². The quantitative estimate of drug-likeness (QED) is 0.709. The highest BCUT2D eigenvalue weighted by molar-refractivity contribution is 7.15. The van der Waals surface area contributed by atoms with Gasteiger partial charge in [0.05, 0.1) is 5.69 Å². The van der Waals surface area contributed by atoms with Gasteiger partial charge in [0.25, 0.3) is 0 Å². The van der Waals surface area contributed by atoms with Gasteiger partial charge in [-0.05, 0) is 26.3 Å². The Hall–Kier alpha value is -2.31. The van der Waals surface area contributed by atoms with Crippen LogP contribution in [0.15, 0.2) is 48.9 Å². The van der Waals surface area contributed by atoms with Gasteiger partial charge >= 0.3 is 0 Å². The Morgan fingerprint density at radius 3 is 2.88 bits per heavy atom. The number of thiazole rings is 1. The first-order valence-corrected chi connectivity index (χ1v) is 9.93. The number of piperidine rings is 1. The van der Waals surface area contributed by atoms with Crippen molar-refractivity contribution in [2.75, 3.05) is 11.9 Å². The topological polar surface area (TPSA) is 53.9 Å². The smallest absolute Gasteiger partial charge is 0.188 e. The van der Waals surface area contributed by atoms with Crippen LogP contribution < -0.4 is 5.32 Å². The summed E-state index contributed by atoms with van der Waals surface area (Å²) in [5.74, 6) is 0.770. The summed E-state index contributed by atoms with van der Waals surface area (Å²) in [4.78, 5) is 17.1. The number of anilines is 2. The summed E-state index contributed by atoms with van der Waals surface area (Å²) >= 11 is 1.70. The number of nitrogens with zero attached hydrogens (tertiary/aromatic N) is 4. The standard InChI is InChI=1S/C20H23N5S/c1-15-7-5-6-10-25(15)13-17-12-21-20(26-17)24-19-11-18(22-14-23-19)16-8-3-2-4-9-16/h2-4,8-9,11-12,14-15H,5-7,10,13H2,1H3,(H,21,22,23,24). The van der Waals surface area contributed by atoms with Gasteiger partial charge in [-0.3, -0.25) is 4.90 Å². The molecule has 1 aliphatic heterocycles. The van der Waals surface area contributed by atoms with Crippen molar-refractivity contribution in [1.82, 2.24) is 19.9 Å². The van der Waals surface area contributed by atoms with Gasteiger partial charge in [-0.1, -0.05) is 36.8 Å². The lowest BCUT2D eigenvalue weighted by molar-refractivity contribution is 0.154. The van der Waals surface area contributed by atoms with Gasteiger partial charge in [-0.25, -0.2) is 15.0 Å². The van der Waals surface area contributed by atoms with Crippen LogP contribution in [0.3, 0.4) is 0 Å². The predicted octanol–water partition coefficient (Wildman–Crippen LogP) is 4.72. The lowest BCUT2D eigenvalue weighted by Crippen LogP contribution is -2.36. The molecule has 0 aliphatic carbocycles. The molecule has 134 valence electrons. The third kappa shape index (κ3) is 4.08. The van der Waals surface area contributed by atoms with Crippen LogP contribution in [0.25, 0.3) is 11.3 Å². The molecule has 0 saturated carbocycles. The van der Waals surface area contributed by atoms with Crippen molar-refractivity contribution in [3.05, 3.63) is 53.8 Å². The van der Waals surface area contributed by atoms with Crippen molar-refractivity contribution < 1.29 is 0 Å². The monoisotopic (exact) mass is 365 g/mol. The van der Waals surface area contributed by atoms with Gasteiger partial charge in [0, 0.05) is 35.3 Å². The number of hydrogen-bond donors (Lipinski definition) is 1. The summed E-state index contributed by atoms with van der Waals surface area (Å²) in [5.41, 5.74) is 1.99. The maximum absolute atomic E-state index is 4.52. The molecule has 4 rings (SSSR count). The van der Waals surface area contributed by atoms with Crippen molar-refractivity contribution in [2.45, 2.75) is 38.8 Å². The average molecular weight is 366 g/mol. The van der Waals surface area contributed by atoms with E-state index in [1.54, 1.807) is 17.7 Å². The summed E-state index contributed by atoms with van der Waals surface area (Å²) in [6.07, 6.45) is 7.53. The average Bonchev–Trinajstić information content (AvgIpc) is 3.11. The molecule has 0 bridgehead atoms. The number of benzene rings is 1. The van der Waals surface area contributed by atoms with Crippen LogP contribution in [0.5, 0.6) is 0 Å². The highest BCUT2D eigenvalue weighted by Crippen LogP contribution is 2.26. The molecule has 1 N–H and O–H groups in total. The van der Waals surface area contributed by atoms with E-state index in [1.807, 2.05) is 42.6 Å². The molecule has 1 atom stereocenters. The van der Waals surface area contributed by atoms with E-state index in [4.69, 9.17) is 0 Å². The summed E-state index contributed by atoms with van der Waals surface area (Å²) in [6, 6.07) is 12.8. The summed E-state index contributed by atoms with van der Waals surface area (Å²) in [7, 11) is 0. The van der Waals surface area contributed by atoms with Gasteiger partial charge in [0.2, 0.25) is 0 Å². The molecular formula is C20H23N5S. The Labute approximate surface area is 158 Å². The van der Waals surface area contributed by atoms with Crippen molar-refractivity contribution in [2.24, 2.45) is 0 Å². The van der Waals surface area contributed by atoms with Crippen LogP contribution in [-0.4, -0.2) is 32.4 Å². The van der Waals surface area contributed by atoms with Gasteiger partial charge in [0.15, 0.2) is 5.13 Å². The van der Waals surface area contributed by atoms with Crippen LogP contribution in [0.2, 0.25) is 0 Å². The predicted molar refractivity (Wildman–Crippen MR) is 107 cm³/mol. The molecule has 6 heteroatoms. The number of hydrogen-bond acceptors (Lipinski definition) is 6. The lowest BCUT2D eigenvalue weighted by Gasteiger charge is -2.32. The second-order valence-electron chi connectivity index (χ2n) is 6.73. The zero-order chi connectivity index (χ0) is 17.8. The maximum atomic E-state index is 4.52. The van der Waals surface area contributed by atoms with Gasteiger partial charge in [-0.15, -0.1) is 11.3 Å². The summed E-state index contributed by atoms with van der Waals surface area (Å²) in [5, 5.41) is 4.20. The summed E-state index contributed by atoms with van der Waals surface area (Å²) < 4.78 is 0. The number of nitrogens with one attached hydrogen (secondary N) is 1. The molecule has 3 aromatic rings. The van der Waals surface area contributed by atoms with Gasteiger partial charge in [0.1, 0.15) is 12.1 Å². The molecule has 1 aromatic carbocycles. The zero-order valence-corrected chi connectivity index (χ0v) is 15.7. The molecule has 1 aliphatic rings. The van der Waals surface area contributed by atoms with E-state index in [0.717, 1.165) is 28.8 Å². The Kier molecular flexibility index (Phi) is 5.22. The third-order valence-corrected chi connectivity index (χ3v) is 5.72. The molecule has 1 saturated heterocycles. The van der Waals surface area contributed by atoms with E-state index < -0.39 is 0 Å². The lowest BCUT2D eigenvalue weighted by atomic mass is 10.0. The highest BCUT2D eigenvalue weighted by Gasteiger charge is 2.19. The van der Waals surface area contributed by atoms with Crippen LogP contribution in [0.4, 0.5) is 10.9 Å². The Bertz CT molecular complexity index is 848. The number of rotatable bonds is 5. The molecule has 3 heterocycles. The normalized spacial score (nSPS) is 18.0. The maximum Gasteiger partial charge on any atom is 0.188 e. The van der Waals surface area contributed by atoms with E-state index >= 15 is 0 Å². The fourth-order valence-corrected chi connectivity index (χ4v) is 4.18. The molecule has 1 unspecified atom stereocenters. The highest BCUT2D eigenvalue weighted by atomic mass is 32.1. The first-order valence-electron chi connectivity index (χ1n) is 9.11. The van der Waals surface area contributed by atoms with E-state index in [9.17, 15) is 0 Å².